The van der Waals surface area contributed by atoms with E-state index in [1.807, 2.05) is 0 Å². The summed E-state index contributed by atoms with van der Waals surface area (Å²) in [6.07, 6.45) is 12.4. The molecule has 0 atom stereocenters. The first-order valence-electron chi connectivity index (χ1n) is 8.34. The van der Waals surface area contributed by atoms with Gasteiger partial charge in [-0.05, 0) is 65.8 Å². The smallest absolute Gasteiger partial charge is 0.0951 e. The summed E-state index contributed by atoms with van der Waals surface area (Å²) >= 11 is 0. The molecule has 1 aliphatic rings. The van der Waals surface area contributed by atoms with Gasteiger partial charge in [0.2, 0.25) is 0 Å². The van der Waals surface area contributed by atoms with Crippen LogP contribution in [0.5, 0.6) is 0 Å². The van der Waals surface area contributed by atoms with Crippen molar-refractivity contribution in [3.8, 4) is 0 Å². The first-order valence-corrected chi connectivity index (χ1v) is 8.34. The van der Waals surface area contributed by atoms with Gasteiger partial charge in [-0.25, -0.2) is 4.98 Å². The second kappa shape index (κ2) is 7.26. The van der Waals surface area contributed by atoms with Crippen molar-refractivity contribution < 1.29 is 0 Å². The Hall–Kier alpha value is -0.830. The molecule has 1 N–H and O–H groups in total. The van der Waals surface area contributed by atoms with E-state index in [0.29, 0.717) is 0 Å². The Morgan fingerprint density at radius 1 is 1.10 bits per heavy atom. The number of imidazole rings is 1. The number of unbranched alkanes of at least 4 members (excludes halogenated alkanes) is 3. The van der Waals surface area contributed by atoms with Gasteiger partial charge >= 0.3 is 0 Å². The Balaban J connectivity index is 1.58. The molecule has 0 saturated carbocycles. The highest BCUT2D eigenvalue weighted by atomic mass is 15.1. The van der Waals surface area contributed by atoms with Gasteiger partial charge in [0.15, 0.2) is 0 Å². The molecule has 114 valence electrons. The minimum Gasteiger partial charge on any atom is -0.334 e. The molecule has 0 radical (unpaired) electrons. The molecule has 3 heteroatoms. The van der Waals surface area contributed by atoms with Crippen molar-refractivity contribution in [2.45, 2.75) is 84.2 Å². The van der Waals surface area contributed by atoms with E-state index in [1.165, 1.54) is 62.8 Å². The molecule has 2 rings (SSSR count). The van der Waals surface area contributed by atoms with Crippen molar-refractivity contribution in [2.75, 3.05) is 6.54 Å². The largest absolute Gasteiger partial charge is 0.334 e. The molecule has 0 saturated heterocycles. The van der Waals surface area contributed by atoms with Crippen LogP contribution >= 0.6 is 0 Å². The number of hydrogen-bond donors (Lipinski definition) is 1. The zero-order valence-electron chi connectivity index (χ0n) is 13.5. The van der Waals surface area contributed by atoms with Crippen LogP contribution in [0.15, 0.2) is 6.33 Å². The van der Waals surface area contributed by atoms with Crippen molar-refractivity contribution in [1.82, 2.24) is 14.9 Å². The van der Waals surface area contributed by atoms with Gasteiger partial charge in [-0.1, -0.05) is 12.8 Å². The summed E-state index contributed by atoms with van der Waals surface area (Å²) in [5.41, 5.74) is 3.15. The van der Waals surface area contributed by atoms with Crippen molar-refractivity contribution >= 4 is 0 Å². The summed E-state index contributed by atoms with van der Waals surface area (Å²) in [5.74, 6) is 0. The minimum atomic E-state index is 0.260. The van der Waals surface area contributed by atoms with E-state index in [2.05, 4.69) is 42.0 Å². The number of aryl methyl sites for hydroxylation is 2. The van der Waals surface area contributed by atoms with Crippen molar-refractivity contribution in [3.63, 3.8) is 0 Å². The zero-order valence-corrected chi connectivity index (χ0v) is 13.5. The average Bonchev–Trinajstić information content (AvgIpc) is 2.80. The summed E-state index contributed by atoms with van der Waals surface area (Å²) in [4.78, 5) is 4.57. The highest BCUT2D eigenvalue weighted by Crippen LogP contribution is 2.20. The Kier molecular flexibility index (Phi) is 5.64. The SMILES string of the molecule is CC(C)(C)NCCCCCCn1cnc2c1CCCC2. The van der Waals surface area contributed by atoms with Gasteiger partial charge in [0.25, 0.3) is 0 Å². The van der Waals surface area contributed by atoms with Crippen LogP contribution in [0.25, 0.3) is 0 Å². The lowest BCUT2D eigenvalue weighted by atomic mass is 10.0. The topological polar surface area (TPSA) is 29.9 Å². The van der Waals surface area contributed by atoms with E-state index in [0.717, 1.165) is 13.1 Å². The molecular weight excluding hydrogens is 246 g/mol. The maximum Gasteiger partial charge on any atom is 0.0951 e. The maximum atomic E-state index is 4.57. The molecule has 0 amide bonds. The summed E-state index contributed by atoms with van der Waals surface area (Å²) in [5, 5.41) is 3.55. The van der Waals surface area contributed by atoms with E-state index in [1.54, 1.807) is 0 Å². The summed E-state index contributed by atoms with van der Waals surface area (Å²) in [6, 6.07) is 0. The predicted octanol–water partition coefficient (Wildman–Crippen LogP) is 3.71. The van der Waals surface area contributed by atoms with Gasteiger partial charge in [-0.15, -0.1) is 0 Å². The fourth-order valence-electron chi connectivity index (χ4n) is 2.95. The van der Waals surface area contributed by atoms with E-state index in [-0.39, 0.29) is 5.54 Å². The number of rotatable bonds is 7. The van der Waals surface area contributed by atoms with Crippen LogP contribution in [0, 0.1) is 0 Å². The monoisotopic (exact) mass is 277 g/mol. The van der Waals surface area contributed by atoms with E-state index in [9.17, 15) is 0 Å². The lowest BCUT2D eigenvalue weighted by molar-refractivity contribution is 0.414. The fourth-order valence-corrected chi connectivity index (χ4v) is 2.95. The first kappa shape index (κ1) is 15.6. The van der Waals surface area contributed by atoms with Crippen LogP contribution in [0.4, 0.5) is 0 Å². The number of fused-ring (bicyclic) bond motifs is 1. The van der Waals surface area contributed by atoms with Crippen molar-refractivity contribution in [2.24, 2.45) is 0 Å². The quantitative estimate of drug-likeness (QED) is 0.770. The summed E-state index contributed by atoms with van der Waals surface area (Å²) in [6.45, 7) is 9.00. The molecule has 0 aliphatic heterocycles. The molecule has 3 nitrogen and oxygen atoms in total. The van der Waals surface area contributed by atoms with Crippen LogP contribution < -0.4 is 5.32 Å². The molecular formula is C17H31N3. The molecule has 1 aromatic heterocycles. The summed E-state index contributed by atoms with van der Waals surface area (Å²) in [7, 11) is 0. The lowest BCUT2D eigenvalue weighted by Gasteiger charge is -2.20. The number of nitrogens with zero attached hydrogens (tertiary/aromatic N) is 2. The molecule has 0 spiro atoms. The molecule has 0 unspecified atom stereocenters. The molecule has 1 aliphatic carbocycles. The van der Waals surface area contributed by atoms with Gasteiger partial charge in [0.05, 0.1) is 12.0 Å². The van der Waals surface area contributed by atoms with Gasteiger partial charge in [-0.2, -0.15) is 0 Å². The summed E-state index contributed by atoms with van der Waals surface area (Å²) < 4.78 is 2.40. The molecule has 0 bridgehead atoms. The van der Waals surface area contributed by atoms with Crippen molar-refractivity contribution in [3.05, 3.63) is 17.7 Å². The third kappa shape index (κ3) is 4.93. The Morgan fingerprint density at radius 3 is 2.65 bits per heavy atom. The van der Waals surface area contributed by atoms with Gasteiger partial charge < -0.3 is 9.88 Å². The normalized spacial score (nSPS) is 15.3. The van der Waals surface area contributed by atoms with E-state index >= 15 is 0 Å². The number of nitrogens with one attached hydrogen (secondary N) is 1. The predicted molar refractivity (Wildman–Crippen MR) is 85.1 cm³/mol. The van der Waals surface area contributed by atoms with Crippen LogP contribution in [0.3, 0.4) is 0 Å². The second-order valence-corrected chi connectivity index (χ2v) is 7.13. The number of aromatic nitrogens is 2. The highest BCUT2D eigenvalue weighted by molar-refractivity contribution is 5.16. The third-order valence-corrected chi connectivity index (χ3v) is 4.09. The molecule has 0 fully saturated rings. The van der Waals surface area contributed by atoms with Crippen molar-refractivity contribution in [1.29, 1.82) is 0 Å². The van der Waals surface area contributed by atoms with E-state index < -0.39 is 0 Å². The molecule has 20 heavy (non-hydrogen) atoms. The zero-order chi connectivity index (χ0) is 14.4. The Bertz CT molecular complexity index is 401. The third-order valence-electron chi connectivity index (χ3n) is 4.09. The van der Waals surface area contributed by atoms with Crippen LogP contribution in [-0.2, 0) is 19.4 Å². The molecule has 1 heterocycles. The first-order chi connectivity index (χ1) is 9.56. The lowest BCUT2D eigenvalue weighted by Crippen LogP contribution is -2.36. The fraction of sp³-hybridized carbons (Fsp3) is 0.824. The highest BCUT2D eigenvalue weighted by Gasteiger charge is 2.14. The molecule has 0 aromatic carbocycles. The Labute approximate surface area is 124 Å². The van der Waals surface area contributed by atoms with Gasteiger partial charge in [0.1, 0.15) is 0 Å². The van der Waals surface area contributed by atoms with Crippen LogP contribution in [-0.4, -0.2) is 21.6 Å². The Morgan fingerprint density at radius 2 is 1.85 bits per heavy atom. The second-order valence-electron chi connectivity index (χ2n) is 7.13. The van der Waals surface area contributed by atoms with Gasteiger partial charge in [-0.3, -0.25) is 0 Å². The van der Waals surface area contributed by atoms with E-state index in [4.69, 9.17) is 0 Å². The molecule has 1 aromatic rings. The number of hydrogen-bond acceptors (Lipinski definition) is 2. The standard InChI is InChI=1S/C17H31N3/c1-17(2,3)19-12-8-4-5-9-13-20-14-18-15-10-6-7-11-16(15)20/h14,19H,4-13H2,1-3H3. The van der Waals surface area contributed by atoms with Crippen LogP contribution in [0.2, 0.25) is 0 Å². The minimum absolute atomic E-state index is 0.260. The average molecular weight is 277 g/mol. The maximum absolute atomic E-state index is 4.57. The van der Waals surface area contributed by atoms with Gasteiger partial charge in [0, 0.05) is 17.8 Å². The van der Waals surface area contributed by atoms with Crippen LogP contribution in [0.1, 0.15) is 70.7 Å².